The van der Waals surface area contributed by atoms with E-state index in [1.54, 1.807) is 0 Å². The van der Waals surface area contributed by atoms with E-state index in [4.69, 9.17) is 37.0 Å². The van der Waals surface area contributed by atoms with Crippen LogP contribution in [-0.4, -0.2) is 96.7 Å². The standard InChI is InChI=1S/C84H164O17P2/c1-8-10-11-12-13-14-15-16-17-18-19-20-21-22-27-30-33-39-44-53-60-67-83(88)100-79(71-94-81(86)65-58-51-43-38-32-29-26-24-23-25-28-31-36-41-48-55-62-75(3)4)73-98-102(90,91)96-69-78(85)70-97-103(92,93)99-74-80(72-95-82(87)66-59-52-47-46-50-57-64-77(7)9-2)101-84(89)68-61-54-45-40-35-34-37-42-49-56-63-76(5)6/h75-80,85H,8-74H2,1-7H3,(H,90,91)(H,92,93)/t77?,78-,79-,80-/m1/s1. The molecule has 0 saturated carbocycles. The summed E-state index contributed by atoms with van der Waals surface area (Å²) in [5, 5.41) is 10.7. The van der Waals surface area contributed by atoms with Crippen LogP contribution < -0.4 is 0 Å². The van der Waals surface area contributed by atoms with Crippen LogP contribution in [0.15, 0.2) is 0 Å². The molecule has 0 aliphatic rings. The minimum atomic E-state index is -4.97. The van der Waals surface area contributed by atoms with E-state index >= 15 is 0 Å². The molecule has 612 valence electrons. The second-order valence-electron chi connectivity index (χ2n) is 31.4. The molecule has 0 aromatic carbocycles. The largest absolute Gasteiger partial charge is 0.472 e. The van der Waals surface area contributed by atoms with Crippen molar-refractivity contribution in [1.82, 2.24) is 0 Å². The first-order valence-corrected chi connectivity index (χ1v) is 46.4. The van der Waals surface area contributed by atoms with E-state index in [1.807, 2.05) is 0 Å². The number of aliphatic hydroxyl groups is 1. The van der Waals surface area contributed by atoms with Crippen molar-refractivity contribution >= 4 is 39.5 Å². The molecule has 0 amide bonds. The van der Waals surface area contributed by atoms with Gasteiger partial charge in [-0.05, 0) is 43.4 Å². The summed E-state index contributed by atoms with van der Waals surface area (Å²) in [6, 6.07) is 0. The lowest BCUT2D eigenvalue weighted by Gasteiger charge is -2.21. The van der Waals surface area contributed by atoms with Crippen LogP contribution in [0.5, 0.6) is 0 Å². The van der Waals surface area contributed by atoms with Crippen LogP contribution in [0, 0.1) is 17.8 Å². The van der Waals surface area contributed by atoms with Gasteiger partial charge in [0.05, 0.1) is 26.4 Å². The predicted octanol–water partition coefficient (Wildman–Crippen LogP) is 25.3. The Labute approximate surface area is 632 Å². The maximum Gasteiger partial charge on any atom is 0.472 e. The van der Waals surface area contributed by atoms with E-state index in [2.05, 4.69) is 48.5 Å². The van der Waals surface area contributed by atoms with E-state index in [9.17, 15) is 43.2 Å². The minimum Gasteiger partial charge on any atom is -0.462 e. The molecular formula is C84H164O17P2. The number of phosphoric ester groups is 2. The number of hydrogen-bond donors (Lipinski definition) is 3. The maximum absolute atomic E-state index is 13.1. The second-order valence-corrected chi connectivity index (χ2v) is 34.3. The average molecular weight is 1510 g/mol. The Morgan fingerprint density at radius 2 is 0.495 bits per heavy atom. The highest BCUT2D eigenvalue weighted by Gasteiger charge is 2.30. The molecule has 0 aliphatic heterocycles. The quantitative estimate of drug-likeness (QED) is 0.0222. The van der Waals surface area contributed by atoms with E-state index in [0.29, 0.717) is 25.7 Å². The van der Waals surface area contributed by atoms with Gasteiger partial charge in [0.1, 0.15) is 19.3 Å². The average Bonchev–Trinajstić information content (AvgIpc) is 0.906. The zero-order valence-corrected chi connectivity index (χ0v) is 69.6. The predicted molar refractivity (Wildman–Crippen MR) is 423 cm³/mol. The van der Waals surface area contributed by atoms with Gasteiger partial charge in [-0.15, -0.1) is 0 Å². The van der Waals surface area contributed by atoms with Crippen molar-refractivity contribution in [2.45, 2.75) is 458 Å². The molecule has 0 fully saturated rings. The zero-order valence-electron chi connectivity index (χ0n) is 67.8. The molecule has 17 nitrogen and oxygen atoms in total. The molecule has 0 heterocycles. The van der Waals surface area contributed by atoms with Gasteiger partial charge in [-0.25, -0.2) is 9.13 Å². The lowest BCUT2D eigenvalue weighted by atomic mass is 10.00. The van der Waals surface area contributed by atoms with E-state index in [0.717, 1.165) is 114 Å². The first-order chi connectivity index (χ1) is 49.8. The normalized spacial score (nSPS) is 14.2. The number of carbonyl (C=O) groups excluding carboxylic acids is 4. The third kappa shape index (κ3) is 76.6. The van der Waals surface area contributed by atoms with Crippen LogP contribution in [0.1, 0.15) is 440 Å². The Morgan fingerprint density at radius 1 is 0.282 bits per heavy atom. The van der Waals surface area contributed by atoms with Crippen molar-refractivity contribution in [2.24, 2.45) is 17.8 Å². The zero-order chi connectivity index (χ0) is 75.8. The molecule has 0 bridgehead atoms. The Hall–Kier alpha value is -1.94. The highest BCUT2D eigenvalue weighted by Crippen LogP contribution is 2.45. The summed E-state index contributed by atoms with van der Waals surface area (Å²) < 4.78 is 68.8. The van der Waals surface area contributed by atoms with E-state index in [-0.39, 0.29) is 25.7 Å². The molecule has 0 rings (SSSR count). The monoisotopic (exact) mass is 1510 g/mol. The van der Waals surface area contributed by atoms with Crippen molar-refractivity contribution in [1.29, 1.82) is 0 Å². The number of rotatable bonds is 82. The number of aliphatic hydroxyl groups excluding tert-OH is 1. The fraction of sp³-hybridized carbons (Fsp3) is 0.952. The van der Waals surface area contributed by atoms with Crippen LogP contribution in [0.3, 0.4) is 0 Å². The highest BCUT2D eigenvalue weighted by molar-refractivity contribution is 7.47. The molecule has 0 radical (unpaired) electrons. The summed E-state index contributed by atoms with van der Waals surface area (Å²) in [4.78, 5) is 73.1. The number of carbonyl (C=O) groups is 4. The molecule has 3 N–H and O–H groups in total. The van der Waals surface area contributed by atoms with Crippen molar-refractivity contribution in [3.63, 3.8) is 0 Å². The van der Waals surface area contributed by atoms with Crippen LogP contribution in [0.25, 0.3) is 0 Å². The van der Waals surface area contributed by atoms with Crippen molar-refractivity contribution in [2.75, 3.05) is 39.6 Å². The fourth-order valence-electron chi connectivity index (χ4n) is 13.0. The van der Waals surface area contributed by atoms with E-state index < -0.39 is 97.5 Å². The van der Waals surface area contributed by atoms with Crippen LogP contribution in [0.4, 0.5) is 0 Å². The first kappa shape index (κ1) is 101. The van der Waals surface area contributed by atoms with Gasteiger partial charge in [-0.2, -0.15) is 0 Å². The number of ether oxygens (including phenoxy) is 4. The van der Waals surface area contributed by atoms with Gasteiger partial charge in [0.25, 0.3) is 0 Å². The van der Waals surface area contributed by atoms with Crippen LogP contribution >= 0.6 is 15.6 Å². The number of unbranched alkanes of at least 4 members (excludes halogenated alkanes) is 49. The van der Waals surface area contributed by atoms with Crippen LogP contribution in [0.2, 0.25) is 0 Å². The summed E-state index contributed by atoms with van der Waals surface area (Å²) in [5.41, 5.74) is 0. The SMILES string of the molecule is CCCCCCCCCCCCCCCCCCCCCCCC(=O)O[C@H](COC(=O)CCCCCCCCCCCCCCCCCCC(C)C)COP(=O)(O)OC[C@@H](O)COP(=O)(O)OC[C@@H](COC(=O)CCCCCCCCC(C)CC)OC(=O)CCCCCCCCCCCCC(C)C. The third-order valence-electron chi connectivity index (χ3n) is 20.0. The summed E-state index contributed by atoms with van der Waals surface area (Å²) in [6.07, 6.45) is 64.0. The molecule has 0 aliphatic carbocycles. The molecule has 3 unspecified atom stereocenters. The van der Waals surface area contributed by atoms with Gasteiger partial charge in [0.2, 0.25) is 0 Å². The van der Waals surface area contributed by atoms with Gasteiger partial charge in [-0.3, -0.25) is 37.3 Å². The lowest BCUT2D eigenvalue weighted by molar-refractivity contribution is -0.161. The van der Waals surface area contributed by atoms with Crippen molar-refractivity contribution in [3.8, 4) is 0 Å². The van der Waals surface area contributed by atoms with Crippen molar-refractivity contribution < 1.29 is 80.2 Å². The summed E-state index contributed by atoms with van der Waals surface area (Å²) in [5.74, 6) is 0.185. The molecule has 103 heavy (non-hydrogen) atoms. The molecule has 0 aromatic heterocycles. The molecule has 0 saturated heterocycles. The fourth-order valence-corrected chi connectivity index (χ4v) is 14.6. The summed E-state index contributed by atoms with van der Waals surface area (Å²) in [7, 11) is -9.92. The number of esters is 4. The topological polar surface area (TPSA) is 237 Å². The molecule has 0 spiro atoms. The molecular weight excluding hydrogens is 1340 g/mol. The van der Waals surface area contributed by atoms with Crippen LogP contribution in [-0.2, 0) is 65.4 Å². The highest BCUT2D eigenvalue weighted by atomic mass is 31.2. The first-order valence-electron chi connectivity index (χ1n) is 43.4. The van der Waals surface area contributed by atoms with Gasteiger partial charge in [0.15, 0.2) is 12.2 Å². The Morgan fingerprint density at radius 3 is 0.738 bits per heavy atom. The second kappa shape index (κ2) is 74.2. The van der Waals surface area contributed by atoms with E-state index in [1.165, 1.54) is 244 Å². The molecule has 0 aromatic rings. The van der Waals surface area contributed by atoms with Gasteiger partial charge in [0, 0.05) is 25.7 Å². The lowest BCUT2D eigenvalue weighted by Crippen LogP contribution is -2.30. The smallest absolute Gasteiger partial charge is 0.462 e. The van der Waals surface area contributed by atoms with Gasteiger partial charge in [-0.1, -0.05) is 389 Å². The minimum absolute atomic E-state index is 0.105. The van der Waals surface area contributed by atoms with Gasteiger partial charge < -0.3 is 33.8 Å². The van der Waals surface area contributed by atoms with Gasteiger partial charge >= 0.3 is 39.5 Å². The Balaban J connectivity index is 5.22. The van der Waals surface area contributed by atoms with Crippen molar-refractivity contribution in [3.05, 3.63) is 0 Å². The number of phosphoric acid groups is 2. The molecule has 6 atom stereocenters. The Kier molecular flexibility index (Phi) is 72.8. The Bertz CT molecular complexity index is 1990. The molecule has 19 heteroatoms. The third-order valence-corrected chi connectivity index (χ3v) is 21.9. The number of hydrogen-bond acceptors (Lipinski definition) is 15. The maximum atomic E-state index is 13.1. The summed E-state index contributed by atoms with van der Waals surface area (Å²) >= 11 is 0. The summed E-state index contributed by atoms with van der Waals surface area (Å²) in [6.45, 7) is 11.9.